The molecule has 0 radical (unpaired) electrons. The van der Waals surface area contributed by atoms with Crippen LogP contribution in [0.4, 0.5) is 4.79 Å². The van der Waals surface area contributed by atoms with Crippen LogP contribution < -0.4 is 18.9 Å². The van der Waals surface area contributed by atoms with Crippen LogP contribution in [-0.4, -0.2) is 39.4 Å². The largest absolute Gasteiger partial charge is 1.00 e. The van der Waals surface area contributed by atoms with E-state index in [0.717, 1.165) is 7.11 Å². The minimum atomic E-state index is -4.46. The monoisotopic (exact) mass is 208 g/mol. The van der Waals surface area contributed by atoms with E-state index in [1.165, 1.54) is 0 Å². The molecule has 74 valence electrons. The second-order valence-corrected chi connectivity index (χ2v) is 2.64. The van der Waals surface area contributed by atoms with Gasteiger partial charge in [-0.2, -0.15) is 8.42 Å². The third kappa shape index (κ3) is 11.7. The molecule has 9 heteroatoms. The quantitative estimate of drug-likeness (QED) is 0.223. The topological polar surface area (TPSA) is 99.1 Å². The van der Waals surface area contributed by atoms with Gasteiger partial charge in [0.2, 0.25) is 0 Å². The van der Waals surface area contributed by atoms with Gasteiger partial charge < -0.3 is 10.9 Å². The number of carbonyl (C=O) groups is 1. The Kier molecular flexibility index (Phi) is 8.40. The van der Waals surface area contributed by atoms with E-state index in [-0.39, 0.29) is 26.9 Å². The van der Waals surface area contributed by atoms with Gasteiger partial charge in [-0.15, -0.1) is 0 Å². The Balaban J connectivity index is -0.000000605. The first-order chi connectivity index (χ1) is 5.45. The van der Waals surface area contributed by atoms with Crippen molar-refractivity contribution in [3.05, 3.63) is 0 Å². The van der Waals surface area contributed by atoms with Gasteiger partial charge in [0.1, 0.15) is 13.2 Å². The van der Waals surface area contributed by atoms with Crippen LogP contribution in [0.1, 0.15) is 1.43 Å². The maximum absolute atomic E-state index is 10.2. The van der Waals surface area contributed by atoms with Gasteiger partial charge in [-0.3, -0.25) is 4.55 Å². The SMILES string of the molecule is COC(=O)OCCOS(=O)(=O)O.[H-].[Li+]. The van der Waals surface area contributed by atoms with Crippen molar-refractivity contribution in [2.75, 3.05) is 20.3 Å². The van der Waals surface area contributed by atoms with Crippen LogP contribution in [0.3, 0.4) is 0 Å². The normalized spacial score (nSPS) is 10.0. The molecule has 0 aliphatic carbocycles. The second kappa shape index (κ2) is 7.17. The first kappa shape index (κ1) is 15.2. The van der Waals surface area contributed by atoms with Crippen LogP contribution in [0.25, 0.3) is 0 Å². The fourth-order valence-corrected chi connectivity index (χ4v) is 0.602. The molecule has 0 bridgehead atoms. The minimum absolute atomic E-state index is 0. The number of hydrogen-bond donors (Lipinski definition) is 1. The molecule has 0 aromatic rings. The molecule has 0 spiro atoms. The summed E-state index contributed by atoms with van der Waals surface area (Å²) in [7, 11) is -3.36. The van der Waals surface area contributed by atoms with Gasteiger partial charge in [-0.05, 0) is 0 Å². The second-order valence-electron chi connectivity index (χ2n) is 1.55. The van der Waals surface area contributed by atoms with E-state index in [4.69, 9.17) is 4.55 Å². The Labute approximate surface area is 89.0 Å². The van der Waals surface area contributed by atoms with E-state index in [1.54, 1.807) is 0 Å². The Morgan fingerprint density at radius 2 is 2.00 bits per heavy atom. The predicted octanol–water partition coefficient (Wildman–Crippen LogP) is -3.29. The standard InChI is InChI=1S/C4H8O7S.Li.H/c1-9-4(5)10-2-3-11-12(6,7)8;;/h2-3H2,1H3,(H,6,7,8);;/q;+1;-1. The summed E-state index contributed by atoms with van der Waals surface area (Å²) in [4.78, 5) is 10.2. The third-order valence-electron chi connectivity index (χ3n) is 0.702. The van der Waals surface area contributed by atoms with E-state index in [1.807, 2.05) is 0 Å². The molecule has 0 aromatic heterocycles. The fraction of sp³-hybridized carbons (Fsp3) is 0.750. The summed E-state index contributed by atoms with van der Waals surface area (Å²) in [5, 5.41) is 0. The van der Waals surface area contributed by atoms with E-state index in [0.29, 0.717) is 0 Å². The molecule has 0 unspecified atom stereocenters. The first-order valence-electron chi connectivity index (χ1n) is 2.78. The molecule has 7 nitrogen and oxygen atoms in total. The molecule has 0 saturated carbocycles. The van der Waals surface area contributed by atoms with Crippen LogP contribution in [0.2, 0.25) is 0 Å². The van der Waals surface area contributed by atoms with Gasteiger partial charge in [0, 0.05) is 0 Å². The average Bonchev–Trinajstić information content (AvgIpc) is 1.96. The molecule has 0 aliphatic rings. The minimum Gasteiger partial charge on any atom is -1.00 e. The van der Waals surface area contributed by atoms with Crippen molar-refractivity contribution in [3.63, 3.8) is 0 Å². The molecule has 1 N–H and O–H groups in total. The van der Waals surface area contributed by atoms with Crippen LogP contribution in [0.5, 0.6) is 0 Å². The summed E-state index contributed by atoms with van der Waals surface area (Å²) in [6.07, 6.45) is -0.950. The maximum Gasteiger partial charge on any atom is 1.00 e. The predicted molar refractivity (Wildman–Crippen MR) is 37.0 cm³/mol. The maximum atomic E-state index is 10.2. The summed E-state index contributed by atoms with van der Waals surface area (Å²) in [5.41, 5.74) is 0. The zero-order valence-corrected chi connectivity index (χ0v) is 8.04. The van der Waals surface area contributed by atoms with E-state index in [2.05, 4.69) is 13.7 Å². The van der Waals surface area contributed by atoms with Gasteiger partial charge in [0.15, 0.2) is 0 Å². The molecular formula is C4H9LiO7S. The Hall–Kier alpha value is -0.263. The van der Waals surface area contributed by atoms with Crippen molar-refractivity contribution in [2.45, 2.75) is 0 Å². The Bertz CT molecular complexity index is 240. The summed E-state index contributed by atoms with van der Waals surface area (Å²) in [6.45, 7) is -0.763. The zero-order valence-electron chi connectivity index (χ0n) is 8.22. The summed E-state index contributed by atoms with van der Waals surface area (Å²) in [6, 6.07) is 0. The Morgan fingerprint density at radius 3 is 2.38 bits per heavy atom. The zero-order chi connectivity index (χ0) is 9.61. The van der Waals surface area contributed by atoms with Gasteiger partial charge >= 0.3 is 35.4 Å². The van der Waals surface area contributed by atoms with E-state index >= 15 is 0 Å². The van der Waals surface area contributed by atoms with Crippen molar-refractivity contribution in [1.29, 1.82) is 0 Å². The van der Waals surface area contributed by atoms with Gasteiger partial charge in [-0.1, -0.05) is 0 Å². The van der Waals surface area contributed by atoms with E-state index in [9.17, 15) is 13.2 Å². The van der Waals surface area contributed by atoms with Crippen LogP contribution in [0.15, 0.2) is 0 Å². The third-order valence-corrected chi connectivity index (χ3v) is 1.17. The van der Waals surface area contributed by atoms with Gasteiger partial charge in [0.05, 0.1) is 7.11 Å². The number of rotatable bonds is 4. The van der Waals surface area contributed by atoms with E-state index < -0.39 is 23.2 Å². The van der Waals surface area contributed by atoms with Gasteiger partial charge in [-0.25, -0.2) is 8.98 Å². The molecule has 0 heterocycles. The fourth-order valence-electron chi connectivity index (χ4n) is 0.323. The average molecular weight is 208 g/mol. The molecule has 0 amide bonds. The van der Waals surface area contributed by atoms with Crippen LogP contribution in [-0.2, 0) is 24.1 Å². The number of hydrogen-bond acceptors (Lipinski definition) is 6. The van der Waals surface area contributed by atoms with Crippen molar-refractivity contribution >= 4 is 16.6 Å². The van der Waals surface area contributed by atoms with Crippen molar-refractivity contribution in [2.24, 2.45) is 0 Å². The number of ether oxygens (including phenoxy) is 2. The molecule has 0 aliphatic heterocycles. The number of methoxy groups -OCH3 is 1. The molecular weight excluding hydrogens is 199 g/mol. The van der Waals surface area contributed by atoms with Crippen molar-refractivity contribution < 1.29 is 51.7 Å². The molecule has 0 rings (SSSR count). The molecule has 0 saturated heterocycles. The Morgan fingerprint density at radius 1 is 1.46 bits per heavy atom. The number of carbonyl (C=O) groups excluding carboxylic acids is 1. The summed E-state index contributed by atoms with van der Waals surface area (Å²) < 4.78 is 39.9. The van der Waals surface area contributed by atoms with Crippen molar-refractivity contribution in [3.8, 4) is 0 Å². The molecule has 0 aromatic carbocycles. The van der Waals surface area contributed by atoms with Crippen LogP contribution in [0, 0.1) is 0 Å². The molecule has 0 fully saturated rings. The molecule has 0 atom stereocenters. The van der Waals surface area contributed by atoms with Crippen LogP contribution >= 0.6 is 0 Å². The molecule has 13 heavy (non-hydrogen) atoms. The summed E-state index contributed by atoms with van der Waals surface area (Å²) in [5.74, 6) is 0. The summed E-state index contributed by atoms with van der Waals surface area (Å²) >= 11 is 0. The van der Waals surface area contributed by atoms with Crippen molar-refractivity contribution in [1.82, 2.24) is 0 Å². The van der Waals surface area contributed by atoms with Gasteiger partial charge in [0.25, 0.3) is 0 Å². The first-order valence-corrected chi connectivity index (χ1v) is 4.15. The smallest absolute Gasteiger partial charge is 1.00 e.